The van der Waals surface area contributed by atoms with Crippen molar-refractivity contribution in [2.75, 3.05) is 5.73 Å². The Balaban J connectivity index is 2.19. The van der Waals surface area contributed by atoms with E-state index in [0.717, 1.165) is 6.07 Å². The van der Waals surface area contributed by atoms with Crippen LogP contribution in [0.15, 0.2) is 35.1 Å². The first kappa shape index (κ1) is 12.6. The predicted molar refractivity (Wildman–Crippen MR) is 71.1 cm³/mol. The number of anilines is 1. The summed E-state index contributed by atoms with van der Waals surface area (Å²) in [5.41, 5.74) is 6.02. The Morgan fingerprint density at radius 1 is 1.35 bits per heavy atom. The van der Waals surface area contributed by atoms with Gasteiger partial charge in [-0.25, -0.2) is 14.4 Å². The lowest BCUT2D eigenvalue weighted by Crippen LogP contribution is -2.08. The molecule has 0 spiro atoms. The lowest BCUT2D eigenvalue weighted by atomic mass is 10.0. The van der Waals surface area contributed by atoms with Crippen LogP contribution < -0.4 is 5.73 Å². The Kier molecular flexibility index (Phi) is 2.87. The number of nitrogen functional groups attached to an aromatic ring is 1. The minimum absolute atomic E-state index is 0.0395. The van der Waals surface area contributed by atoms with Crippen LogP contribution in [-0.2, 0) is 0 Å². The van der Waals surface area contributed by atoms with Gasteiger partial charge in [-0.2, -0.15) is 0 Å². The Morgan fingerprint density at radius 3 is 2.90 bits per heavy atom. The van der Waals surface area contributed by atoms with E-state index in [1.54, 1.807) is 6.07 Å². The number of nitrogens with two attached hydrogens (primary N) is 1. The lowest BCUT2D eigenvalue weighted by Gasteiger charge is -2.05. The molecular weight excluding hydrogens is 285 g/mol. The van der Waals surface area contributed by atoms with Crippen molar-refractivity contribution in [3.05, 3.63) is 52.9 Å². The molecule has 0 aliphatic rings. The monoisotopic (exact) mass is 291 g/mol. The van der Waals surface area contributed by atoms with Gasteiger partial charge in [-0.3, -0.25) is 4.79 Å². The third-order valence-electron chi connectivity index (χ3n) is 2.79. The van der Waals surface area contributed by atoms with Gasteiger partial charge in [0.05, 0.1) is 17.4 Å². The van der Waals surface area contributed by atoms with E-state index in [0.29, 0.717) is 5.39 Å². The predicted octanol–water partition coefficient (Wildman–Crippen LogP) is 2.83. The molecule has 0 saturated carbocycles. The Labute approximate surface area is 117 Å². The van der Waals surface area contributed by atoms with Gasteiger partial charge in [-0.05, 0) is 29.8 Å². The summed E-state index contributed by atoms with van der Waals surface area (Å²) in [5, 5.41) is 0.420. The number of halogens is 2. The first-order chi connectivity index (χ1) is 9.56. The third kappa shape index (κ3) is 2.00. The fourth-order valence-electron chi connectivity index (χ4n) is 1.91. The average Bonchev–Trinajstić information content (AvgIpc) is 2.85. The van der Waals surface area contributed by atoms with Crippen LogP contribution in [0.25, 0.3) is 11.0 Å². The third-order valence-corrected chi connectivity index (χ3v) is 2.98. The second kappa shape index (κ2) is 4.57. The minimum Gasteiger partial charge on any atom is -0.464 e. The molecule has 3 rings (SSSR count). The van der Waals surface area contributed by atoms with Crippen LogP contribution in [0.2, 0.25) is 5.28 Å². The number of carbonyl (C=O) groups is 1. The maximum Gasteiger partial charge on any atom is 0.224 e. The molecule has 7 heteroatoms. The molecule has 0 bridgehead atoms. The molecule has 100 valence electrons. The number of fused-ring (bicyclic) bond motifs is 1. The van der Waals surface area contributed by atoms with Crippen molar-refractivity contribution >= 4 is 34.2 Å². The van der Waals surface area contributed by atoms with Gasteiger partial charge in [-0.15, -0.1) is 0 Å². The number of rotatable bonds is 2. The summed E-state index contributed by atoms with van der Waals surface area (Å²) in [4.78, 5) is 19.8. The van der Waals surface area contributed by atoms with E-state index in [1.807, 2.05) is 0 Å². The van der Waals surface area contributed by atoms with Gasteiger partial charge in [0.2, 0.25) is 11.1 Å². The van der Waals surface area contributed by atoms with Crippen molar-refractivity contribution in [2.24, 2.45) is 0 Å². The van der Waals surface area contributed by atoms with Crippen molar-refractivity contribution in [3.63, 3.8) is 0 Å². The van der Waals surface area contributed by atoms with E-state index in [1.165, 1.54) is 18.5 Å². The number of benzene rings is 1. The van der Waals surface area contributed by atoms with Crippen LogP contribution in [0.3, 0.4) is 0 Å². The molecule has 0 aliphatic carbocycles. The SMILES string of the molecule is Nc1nc(Cl)ncc1C(=O)c1cc(F)cc2ccoc12. The quantitative estimate of drug-likeness (QED) is 0.580. The number of ketones is 1. The lowest BCUT2D eigenvalue weighted by molar-refractivity contribution is 0.103. The molecule has 0 fully saturated rings. The van der Waals surface area contributed by atoms with E-state index in [4.69, 9.17) is 21.8 Å². The number of nitrogens with zero attached hydrogens (tertiary/aromatic N) is 2. The first-order valence-corrected chi connectivity index (χ1v) is 5.93. The molecule has 0 radical (unpaired) electrons. The molecule has 3 aromatic rings. The summed E-state index contributed by atoms with van der Waals surface area (Å²) in [6.07, 6.45) is 2.58. The van der Waals surface area contributed by atoms with Gasteiger partial charge < -0.3 is 10.2 Å². The van der Waals surface area contributed by atoms with E-state index >= 15 is 0 Å². The fourth-order valence-corrected chi connectivity index (χ4v) is 2.05. The molecule has 0 unspecified atom stereocenters. The van der Waals surface area contributed by atoms with Gasteiger partial charge in [0.1, 0.15) is 17.2 Å². The van der Waals surface area contributed by atoms with Crippen LogP contribution in [0.4, 0.5) is 10.2 Å². The van der Waals surface area contributed by atoms with Crippen molar-refractivity contribution < 1.29 is 13.6 Å². The van der Waals surface area contributed by atoms with Crippen LogP contribution >= 0.6 is 11.6 Å². The van der Waals surface area contributed by atoms with Gasteiger partial charge in [0, 0.05) is 11.6 Å². The van der Waals surface area contributed by atoms with Gasteiger partial charge in [-0.1, -0.05) is 0 Å². The Hall–Kier alpha value is -2.47. The van der Waals surface area contributed by atoms with E-state index < -0.39 is 11.6 Å². The topological polar surface area (TPSA) is 82.0 Å². The second-order valence-corrected chi connectivity index (χ2v) is 4.40. The molecule has 0 saturated heterocycles. The molecule has 20 heavy (non-hydrogen) atoms. The van der Waals surface area contributed by atoms with Crippen molar-refractivity contribution in [2.45, 2.75) is 0 Å². The number of hydrogen-bond acceptors (Lipinski definition) is 5. The van der Waals surface area contributed by atoms with Crippen LogP contribution in [-0.4, -0.2) is 15.8 Å². The zero-order chi connectivity index (χ0) is 14.3. The summed E-state index contributed by atoms with van der Waals surface area (Å²) in [7, 11) is 0. The van der Waals surface area contributed by atoms with Crippen LogP contribution in [0.5, 0.6) is 0 Å². The maximum absolute atomic E-state index is 13.5. The van der Waals surface area contributed by atoms with Crippen LogP contribution in [0, 0.1) is 5.82 Å². The largest absolute Gasteiger partial charge is 0.464 e. The van der Waals surface area contributed by atoms with Crippen LogP contribution in [0.1, 0.15) is 15.9 Å². The van der Waals surface area contributed by atoms with Gasteiger partial charge in [0.25, 0.3) is 0 Å². The van der Waals surface area contributed by atoms with Crippen molar-refractivity contribution in [1.82, 2.24) is 9.97 Å². The molecule has 2 aromatic heterocycles. The summed E-state index contributed by atoms with van der Waals surface area (Å²) in [6.45, 7) is 0. The summed E-state index contributed by atoms with van der Waals surface area (Å²) in [6, 6.07) is 3.93. The molecule has 5 nitrogen and oxygen atoms in total. The Bertz CT molecular complexity index is 832. The summed E-state index contributed by atoms with van der Waals surface area (Å²) >= 11 is 5.58. The fraction of sp³-hybridized carbons (Fsp3) is 0. The average molecular weight is 292 g/mol. The Morgan fingerprint density at radius 2 is 2.15 bits per heavy atom. The van der Waals surface area contributed by atoms with E-state index in [9.17, 15) is 9.18 Å². The molecule has 2 heterocycles. The maximum atomic E-state index is 13.5. The zero-order valence-corrected chi connectivity index (χ0v) is 10.7. The molecule has 2 N–H and O–H groups in total. The molecule has 0 amide bonds. The molecule has 0 atom stereocenters. The van der Waals surface area contributed by atoms with Gasteiger partial charge >= 0.3 is 0 Å². The highest BCUT2D eigenvalue weighted by molar-refractivity contribution is 6.28. The van der Waals surface area contributed by atoms with Gasteiger partial charge in [0.15, 0.2) is 0 Å². The number of furan rings is 1. The number of hydrogen-bond donors (Lipinski definition) is 1. The number of aromatic nitrogens is 2. The van der Waals surface area contributed by atoms with Crippen molar-refractivity contribution in [1.29, 1.82) is 0 Å². The molecule has 0 aliphatic heterocycles. The summed E-state index contributed by atoms with van der Waals surface area (Å²) < 4.78 is 18.8. The first-order valence-electron chi connectivity index (χ1n) is 5.55. The molecular formula is C13H7ClFN3O2. The zero-order valence-electron chi connectivity index (χ0n) is 9.93. The van der Waals surface area contributed by atoms with E-state index in [2.05, 4.69) is 9.97 Å². The second-order valence-electron chi connectivity index (χ2n) is 4.06. The highest BCUT2D eigenvalue weighted by atomic mass is 35.5. The smallest absolute Gasteiger partial charge is 0.224 e. The number of carbonyl (C=O) groups excluding carboxylic acids is 1. The summed E-state index contributed by atoms with van der Waals surface area (Å²) in [5.74, 6) is -1.15. The standard InChI is InChI=1S/C13H7ClFN3O2/c14-13-17-5-9(12(16)18-13)10(19)8-4-7(15)3-6-1-2-20-11(6)8/h1-5H,(H2,16,17,18). The van der Waals surface area contributed by atoms with E-state index in [-0.39, 0.29) is 27.8 Å². The molecule has 1 aromatic carbocycles. The minimum atomic E-state index is -0.546. The highest BCUT2D eigenvalue weighted by Gasteiger charge is 2.20. The van der Waals surface area contributed by atoms with Crippen molar-refractivity contribution in [3.8, 4) is 0 Å². The normalized spacial score (nSPS) is 10.9. The highest BCUT2D eigenvalue weighted by Crippen LogP contribution is 2.25.